The molecule has 0 saturated carbocycles. The van der Waals surface area contributed by atoms with E-state index in [4.69, 9.17) is 0 Å². The summed E-state index contributed by atoms with van der Waals surface area (Å²) in [6.07, 6.45) is 2.34. The Morgan fingerprint density at radius 3 is 2.87 bits per heavy atom. The number of carbonyl (C=O) groups is 1. The number of nitrogens with zero attached hydrogens (tertiary/aromatic N) is 2. The van der Waals surface area contributed by atoms with Crippen LogP contribution >= 0.6 is 11.3 Å². The molecule has 1 amide bonds. The highest BCUT2D eigenvalue weighted by atomic mass is 32.1. The molecule has 3 rings (SSSR count). The van der Waals surface area contributed by atoms with Crippen molar-refractivity contribution in [2.75, 3.05) is 38.0 Å². The van der Waals surface area contributed by atoms with Crippen LogP contribution in [0.5, 0.6) is 0 Å². The Labute approximate surface area is 141 Å². The third-order valence-electron chi connectivity index (χ3n) is 4.30. The quantitative estimate of drug-likeness (QED) is 0.853. The third-order valence-corrected chi connectivity index (χ3v) is 5.25. The van der Waals surface area contributed by atoms with Crippen LogP contribution in [0.15, 0.2) is 24.3 Å². The number of benzene rings is 1. The number of likely N-dealkylation sites (tertiary alicyclic amines) is 1. The Morgan fingerprint density at radius 1 is 1.35 bits per heavy atom. The zero-order chi connectivity index (χ0) is 16.1. The van der Waals surface area contributed by atoms with Crippen LogP contribution in [0.1, 0.15) is 19.8 Å². The molecule has 0 aliphatic carbocycles. The number of para-hydroxylation sites is 1. The van der Waals surface area contributed by atoms with Crippen LogP contribution in [-0.2, 0) is 4.79 Å². The maximum absolute atomic E-state index is 12.2. The fourth-order valence-electron chi connectivity index (χ4n) is 2.98. The van der Waals surface area contributed by atoms with E-state index in [0.717, 1.165) is 42.3 Å². The van der Waals surface area contributed by atoms with E-state index in [0.29, 0.717) is 11.7 Å². The van der Waals surface area contributed by atoms with Gasteiger partial charge in [-0.05, 0) is 57.1 Å². The SMILES string of the molecule is CCNCC1CCN(CC(=O)Nc2nc3ccccc3s2)CC1. The molecule has 0 unspecified atom stereocenters. The average molecular weight is 332 g/mol. The maximum Gasteiger partial charge on any atom is 0.240 e. The molecule has 1 aliphatic rings. The Bertz CT molecular complexity index is 616. The molecule has 1 aliphatic heterocycles. The molecule has 23 heavy (non-hydrogen) atoms. The molecule has 1 saturated heterocycles. The van der Waals surface area contributed by atoms with Crippen LogP contribution < -0.4 is 10.6 Å². The zero-order valence-electron chi connectivity index (χ0n) is 13.5. The highest BCUT2D eigenvalue weighted by molar-refractivity contribution is 7.22. The second-order valence-electron chi connectivity index (χ2n) is 6.06. The summed E-state index contributed by atoms with van der Waals surface area (Å²) in [5.74, 6) is 0.785. The van der Waals surface area contributed by atoms with Gasteiger partial charge in [-0.15, -0.1) is 0 Å². The number of aromatic nitrogens is 1. The van der Waals surface area contributed by atoms with Crippen molar-refractivity contribution in [1.29, 1.82) is 0 Å². The Balaban J connectivity index is 1.46. The summed E-state index contributed by atoms with van der Waals surface area (Å²) in [7, 11) is 0. The lowest BCUT2D eigenvalue weighted by Crippen LogP contribution is -2.41. The molecular weight excluding hydrogens is 308 g/mol. The van der Waals surface area contributed by atoms with Crippen LogP contribution in [0.25, 0.3) is 10.2 Å². The normalized spacial score (nSPS) is 16.7. The van der Waals surface area contributed by atoms with Crippen LogP contribution in [0, 0.1) is 5.92 Å². The van der Waals surface area contributed by atoms with Gasteiger partial charge in [0, 0.05) is 0 Å². The first-order valence-electron chi connectivity index (χ1n) is 8.33. The number of carbonyl (C=O) groups excluding carboxylic acids is 1. The van der Waals surface area contributed by atoms with Crippen molar-refractivity contribution < 1.29 is 4.79 Å². The molecule has 1 aromatic heterocycles. The summed E-state index contributed by atoms with van der Waals surface area (Å²) >= 11 is 1.53. The van der Waals surface area contributed by atoms with Gasteiger partial charge in [-0.1, -0.05) is 30.4 Å². The highest BCUT2D eigenvalue weighted by Gasteiger charge is 2.20. The topological polar surface area (TPSA) is 57.3 Å². The van der Waals surface area contributed by atoms with E-state index in [1.54, 1.807) is 0 Å². The lowest BCUT2D eigenvalue weighted by atomic mass is 9.97. The van der Waals surface area contributed by atoms with Crippen molar-refractivity contribution in [1.82, 2.24) is 15.2 Å². The molecule has 0 atom stereocenters. The molecule has 124 valence electrons. The summed E-state index contributed by atoms with van der Waals surface area (Å²) in [6, 6.07) is 7.95. The van der Waals surface area contributed by atoms with Crippen molar-refractivity contribution in [2.45, 2.75) is 19.8 Å². The number of fused-ring (bicyclic) bond motifs is 1. The van der Waals surface area contributed by atoms with Gasteiger partial charge >= 0.3 is 0 Å². The number of rotatable bonds is 6. The van der Waals surface area contributed by atoms with Crippen LogP contribution in [-0.4, -0.2) is 48.5 Å². The van der Waals surface area contributed by atoms with Crippen LogP contribution in [0.3, 0.4) is 0 Å². The minimum Gasteiger partial charge on any atom is -0.317 e. The molecule has 0 bridgehead atoms. The lowest BCUT2D eigenvalue weighted by Gasteiger charge is -2.31. The van der Waals surface area contributed by atoms with E-state index < -0.39 is 0 Å². The van der Waals surface area contributed by atoms with E-state index >= 15 is 0 Å². The maximum atomic E-state index is 12.2. The van der Waals surface area contributed by atoms with Crippen LogP contribution in [0.4, 0.5) is 5.13 Å². The zero-order valence-corrected chi connectivity index (χ0v) is 14.4. The van der Waals surface area contributed by atoms with Crippen molar-refractivity contribution in [2.24, 2.45) is 5.92 Å². The van der Waals surface area contributed by atoms with Gasteiger partial charge in [0.15, 0.2) is 5.13 Å². The summed E-state index contributed by atoms with van der Waals surface area (Å²) in [6.45, 7) is 6.74. The number of hydrogen-bond acceptors (Lipinski definition) is 5. The molecule has 2 N–H and O–H groups in total. The van der Waals surface area contributed by atoms with Gasteiger partial charge in [-0.25, -0.2) is 4.98 Å². The summed E-state index contributed by atoms with van der Waals surface area (Å²) in [5, 5.41) is 7.05. The second-order valence-corrected chi connectivity index (χ2v) is 7.09. The molecule has 1 aromatic carbocycles. The Morgan fingerprint density at radius 2 is 2.13 bits per heavy atom. The molecular formula is C17H24N4OS. The Hall–Kier alpha value is -1.50. The predicted molar refractivity (Wildman–Crippen MR) is 96.0 cm³/mol. The first-order chi connectivity index (χ1) is 11.2. The van der Waals surface area contributed by atoms with Gasteiger partial charge in [-0.2, -0.15) is 0 Å². The minimum atomic E-state index is 0.0363. The van der Waals surface area contributed by atoms with E-state index in [9.17, 15) is 4.79 Å². The fourth-order valence-corrected chi connectivity index (χ4v) is 3.87. The van der Waals surface area contributed by atoms with E-state index in [2.05, 4.69) is 27.4 Å². The van der Waals surface area contributed by atoms with Gasteiger partial charge in [0.2, 0.25) is 5.91 Å². The highest BCUT2D eigenvalue weighted by Crippen LogP contribution is 2.25. The van der Waals surface area contributed by atoms with Gasteiger partial charge in [0.05, 0.1) is 16.8 Å². The van der Waals surface area contributed by atoms with Gasteiger partial charge in [0.25, 0.3) is 0 Å². The monoisotopic (exact) mass is 332 g/mol. The Kier molecular flexibility index (Phi) is 5.59. The number of piperidine rings is 1. The van der Waals surface area contributed by atoms with E-state index in [1.165, 1.54) is 24.2 Å². The van der Waals surface area contributed by atoms with Gasteiger partial charge in [-0.3, -0.25) is 9.69 Å². The number of thiazole rings is 1. The van der Waals surface area contributed by atoms with Crippen molar-refractivity contribution >= 4 is 32.6 Å². The average Bonchev–Trinajstić information content (AvgIpc) is 2.96. The molecule has 2 heterocycles. The standard InChI is InChI=1S/C17H24N4OS/c1-2-18-11-13-7-9-21(10-8-13)12-16(22)20-17-19-14-5-3-4-6-15(14)23-17/h3-6,13,18H,2,7-12H2,1H3,(H,19,20,22). The fraction of sp³-hybridized carbons (Fsp3) is 0.529. The first kappa shape index (κ1) is 16.4. The third kappa shape index (κ3) is 4.50. The molecule has 2 aromatic rings. The summed E-state index contributed by atoms with van der Waals surface area (Å²) in [5.41, 5.74) is 0.942. The summed E-state index contributed by atoms with van der Waals surface area (Å²) in [4.78, 5) is 18.9. The van der Waals surface area contributed by atoms with E-state index in [-0.39, 0.29) is 5.91 Å². The predicted octanol–water partition coefficient (Wildman–Crippen LogP) is 2.56. The second kappa shape index (κ2) is 7.86. The number of amides is 1. The van der Waals surface area contributed by atoms with Crippen molar-refractivity contribution in [3.8, 4) is 0 Å². The van der Waals surface area contributed by atoms with Crippen LogP contribution in [0.2, 0.25) is 0 Å². The van der Waals surface area contributed by atoms with Crippen molar-refractivity contribution in [3.63, 3.8) is 0 Å². The largest absolute Gasteiger partial charge is 0.317 e. The number of hydrogen-bond donors (Lipinski definition) is 2. The van der Waals surface area contributed by atoms with Gasteiger partial charge in [0.1, 0.15) is 0 Å². The molecule has 0 spiro atoms. The first-order valence-corrected chi connectivity index (χ1v) is 9.14. The van der Waals surface area contributed by atoms with E-state index in [1.807, 2.05) is 24.3 Å². The lowest BCUT2D eigenvalue weighted by molar-refractivity contribution is -0.117. The number of nitrogens with one attached hydrogen (secondary N) is 2. The van der Waals surface area contributed by atoms with Crippen molar-refractivity contribution in [3.05, 3.63) is 24.3 Å². The minimum absolute atomic E-state index is 0.0363. The molecule has 5 nitrogen and oxygen atoms in total. The number of anilines is 1. The summed E-state index contributed by atoms with van der Waals surface area (Å²) < 4.78 is 1.10. The molecule has 6 heteroatoms. The molecule has 0 radical (unpaired) electrons. The smallest absolute Gasteiger partial charge is 0.240 e. The molecule has 1 fully saturated rings. The van der Waals surface area contributed by atoms with Gasteiger partial charge < -0.3 is 10.6 Å².